The predicted molar refractivity (Wildman–Crippen MR) is 102 cm³/mol. The molecule has 1 aliphatic carbocycles. The summed E-state index contributed by atoms with van der Waals surface area (Å²) in [6.07, 6.45) is 4.67. The van der Waals surface area contributed by atoms with Crippen LogP contribution in [0.25, 0.3) is 11.5 Å². The van der Waals surface area contributed by atoms with Gasteiger partial charge in [0.15, 0.2) is 5.69 Å². The van der Waals surface area contributed by atoms with Crippen LogP contribution < -0.4 is 5.32 Å². The van der Waals surface area contributed by atoms with Crippen LogP contribution in [0.1, 0.15) is 60.0 Å². The number of amides is 1. The molecule has 1 aromatic carbocycles. The summed E-state index contributed by atoms with van der Waals surface area (Å²) in [6, 6.07) is 8.25. The summed E-state index contributed by atoms with van der Waals surface area (Å²) in [5, 5.41) is 15.0. The Labute approximate surface area is 157 Å². The van der Waals surface area contributed by atoms with Gasteiger partial charge in [0.1, 0.15) is 0 Å². The van der Waals surface area contributed by atoms with E-state index in [1.807, 2.05) is 26.8 Å². The number of nitrogens with one attached hydrogen (secondary N) is 1. The van der Waals surface area contributed by atoms with Crippen molar-refractivity contribution >= 4 is 11.9 Å². The van der Waals surface area contributed by atoms with E-state index in [9.17, 15) is 4.79 Å². The molecule has 27 heavy (non-hydrogen) atoms. The fourth-order valence-corrected chi connectivity index (χ4v) is 3.54. The van der Waals surface area contributed by atoms with Crippen LogP contribution in [0.2, 0.25) is 0 Å². The molecule has 0 unspecified atom stereocenters. The van der Waals surface area contributed by atoms with Crippen molar-refractivity contribution in [1.29, 1.82) is 0 Å². The van der Waals surface area contributed by atoms with Crippen LogP contribution in [0.3, 0.4) is 0 Å². The van der Waals surface area contributed by atoms with E-state index < -0.39 is 0 Å². The molecule has 140 valence electrons. The Morgan fingerprint density at radius 3 is 2.67 bits per heavy atom. The van der Waals surface area contributed by atoms with Gasteiger partial charge in [-0.2, -0.15) is 5.10 Å². The lowest BCUT2D eigenvalue weighted by Crippen LogP contribution is -2.14. The van der Waals surface area contributed by atoms with E-state index in [1.165, 1.54) is 24.0 Å². The summed E-state index contributed by atoms with van der Waals surface area (Å²) in [5.41, 5.74) is 4.88. The zero-order valence-corrected chi connectivity index (χ0v) is 15.8. The van der Waals surface area contributed by atoms with Gasteiger partial charge in [0, 0.05) is 17.3 Å². The number of benzene rings is 1. The third-order valence-corrected chi connectivity index (χ3v) is 4.89. The quantitative estimate of drug-likeness (QED) is 0.756. The maximum Gasteiger partial charge on any atom is 0.322 e. The number of fused-ring (bicyclic) bond motifs is 1. The number of hydrogen-bond acceptors (Lipinski definition) is 5. The smallest absolute Gasteiger partial charge is 0.322 e. The van der Waals surface area contributed by atoms with Crippen LogP contribution >= 0.6 is 0 Å². The van der Waals surface area contributed by atoms with Crippen LogP contribution in [0.4, 0.5) is 6.01 Å². The number of rotatable bonds is 4. The second kappa shape index (κ2) is 6.98. The zero-order valence-electron chi connectivity index (χ0n) is 15.8. The van der Waals surface area contributed by atoms with Gasteiger partial charge in [-0.25, -0.2) is 0 Å². The summed E-state index contributed by atoms with van der Waals surface area (Å²) in [5.74, 6) is 0.0423. The van der Waals surface area contributed by atoms with Crippen molar-refractivity contribution in [3.8, 4) is 11.5 Å². The summed E-state index contributed by atoms with van der Waals surface area (Å²) in [6.45, 7) is 5.96. The van der Waals surface area contributed by atoms with E-state index in [0.29, 0.717) is 11.6 Å². The SMILES string of the molecule is Cc1cc(C(=O)Nc2nnc(-c3ccc4c(c3)CCCC4)o2)nn1C(C)C. The van der Waals surface area contributed by atoms with Crippen molar-refractivity contribution in [2.75, 3.05) is 5.32 Å². The molecule has 0 atom stereocenters. The maximum atomic E-state index is 12.4. The highest BCUT2D eigenvalue weighted by atomic mass is 16.4. The molecule has 0 fully saturated rings. The molecule has 0 saturated heterocycles. The number of carbonyl (C=O) groups excluding carboxylic acids is 1. The Morgan fingerprint density at radius 2 is 1.93 bits per heavy atom. The molecular weight excluding hydrogens is 342 g/mol. The summed E-state index contributed by atoms with van der Waals surface area (Å²) < 4.78 is 7.46. The van der Waals surface area contributed by atoms with E-state index in [2.05, 4.69) is 32.7 Å². The Balaban J connectivity index is 1.51. The number of hydrogen-bond donors (Lipinski definition) is 1. The second-order valence-electron chi connectivity index (χ2n) is 7.27. The molecule has 2 heterocycles. The number of nitrogens with zero attached hydrogens (tertiary/aromatic N) is 4. The molecule has 0 aliphatic heterocycles. The molecule has 2 aromatic heterocycles. The molecule has 7 nitrogen and oxygen atoms in total. The summed E-state index contributed by atoms with van der Waals surface area (Å²) in [4.78, 5) is 12.4. The molecule has 0 spiro atoms. The lowest BCUT2D eigenvalue weighted by Gasteiger charge is -2.15. The Hall–Kier alpha value is -2.96. The van der Waals surface area contributed by atoms with Gasteiger partial charge in [-0.05, 0) is 75.8 Å². The van der Waals surface area contributed by atoms with E-state index in [-0.39, 0.29) is 18.0 Å². The minimum atomic E-state index is -0.363. The Morgan fingerprint density at radius 1 is 1.15 bits per heavy atom. The van der Waals surface area contributed by atoms with Gasteiger partial charge in [0.25, 0.3) is 5.91 Å². The minimum Gasteiger partial charge on any atom is -0.403 e. The number of aryl methyl sites for hydroxylation is 3. The average molecular weight is 365 g/mol. The Bertz CT molecular complexity index is 986. The van der Waals surface area contributed by atoms with Crippen molar-refractivity contribution in [3.63, 3.8) is 0 Å². The van der Waals surface area contributed by atoms with E-state index in [4.69, 9.17) is 4.42 Å². The first-order valence-electron chi connectivity index (χ1n) is 9.34. The molecular formula is C20H23N5O2. The topological polar surface area (TPSA) is 85.8 Å². The second-order valence-corrected chi connectivity index (χ2v) is 7.27. The van der Waals surface area contributed by atoms with Gasteiger partial charge < -0.3 is 4.42 Å². The molecule has 0 radical (unpaired) electrons. The van der Waals surface area contributed by atoms with Gasteiger partial charge in [-0.3, -0.25) is 14.8 Å². The standard InChI is InChI=1S/C20H23N5O2/c1-12(2)25-13(3)10-17(24-25)18(26)21-20-23-22-19(27-20)16-9-8-14-6-4-5-7-15(14)11-16/h8-12H,4-7H2,1-3H3,(H,21,23,26). The van der Waals surface area contributed by atoms with Gasteiger partial charge >= 0.3 is 6.01 Å². The van der Waals surface area contributed by atoms with Gasteiger partial charge in [0.2, 0.25) is 5.89 Å². The average Bonchev–Trinajstić information content (AvgIpc) is 3.28. The van der Waals surface area contributed by atoms with Crippen LogP contribution in [-0.4, -0.2) is 25.9 Å². The first kappa shape index (κ1) is 17.5. The van der Waals surface area contributed by atoms with Crippen LogP contribution in [0.5, 0.6) is 0 Å². The van der Waals surface area contributed by atoms with Crippen molar-refractivity contribution in [2.45, 2.75) is 52.5 Å². The number of anilines is 1. The van der Waals surface area contributed by atoms with E-state index in [0.717, 1.165) is 24.1 Å². The number of aromatic nitrogens is 4. The van der Waals surface area contributed by atoms with E-state index in [1.54, 1.807) is 10.7 Å². The molecule has 1 N–H and O–H groups in total. The Kier molecular flexibility index (Phi) is 4.51. The zero-order chi connectivity index (χ0) is 19.0. The summed E-state index contributed by atoms with van der Waals surface area (Å²) in [7, 11) is 0. The van der Waals surface area contributed by atoms with Crippen LogP contribution in [0.15, 0.2) is 28.7 Å². The molecule has 1 amide bonds. The normalized spacial score (nSPS) is 13.6. The largest absolute Gasteiger partial charge is 0.403 e. The molecule has 0 bridgehead atoms. The first-order chi connectivity index (χ1) is 13.0. The maximum absolute atomic E-state index is 12.4. The molecule has 7 heteroatoms. The van der Waals surface area contributed by atoms with Crippen molar-refractivity contribution in [1.82, 2.24) is 20.0 Å². The summed E-state index contributed by atoms with van der Waals surface area (Å²) >= 11 is 0. The molecule has 4 rings (SSSR count). The lowest BCUT2D eigenvalue weighted by molar-refractivity contribution is 0.101. The highest BCUT2D eigenvalue weighted by Gasteiger charge is 2.18. The third-order valence-electron chi connectivity index (χ3n) is 4.89. The van der Waals surface area contributed by atoms with Crippen molar-refractivity contribution < 1.29 is 9.21 Å². The highest BCUT2D eigenvalue weighted by Crippen LogP contribution is 2.27. The minimum absolute atomic E-state index is 0.0736. The molecule has 3 aromatic rings. The highest BCUT2D eigenvalue weighted by molar-refractivity contribution is 6.01. The van der Waals surface area contributed by atoms with Gasteiger partial charge in [-0.15, -0.1) is 5.10 Å². The fraction of sp³-hybridized carbons (Fsp3) is 0.400. The van der Waals surface area contributed by atoms with E-state index >= 15 is 0 Å². The van der Waals surface area contributed by atoms with Crippen molar-refractivity contribution in [2.24, 2.45) is 0 Å². The van der Waals surface area contributed by atoms with Crippen LogP contribution in [0, 0.1) is 6.92 Å². The predicted octanol–water partition coefficient (Wildman–Crippen LogP) is 3.95. The van der Waals surface area contributed by atoms with Gasteiger partial charge in [0.05, 0.1) is 0 Å². The molecule has 0 saturated carbocycles. The molecule has 1 aliphatic rings. The van der Waals surface area contributed by atoms with Crippen molar-refractivity contribution in [3.05, 3.63) is 46.8 Å². The fourth-order valence-electron chi connectivity index (χ4n) is 3.54. The number of carbonyl (C=O) groups is 1. The lowest BCUT2D eigenvalue weighted by atomic mass is 9.90. The monoisotopic (exact) mass is 365 g/mol. The van der Waals surface area contributed by atoms with Gasteiger partial charge in [-0.1, -0.05) is 11.2 Å². The first-order valence-corrected chi connectivity index (χ1v) is 9.34. The van der Waals surface area contributed by atoms with Crippen LogP contribution in [-0.2, 0) is 12.8 Å². The third kappa shape index (κ3) is 3.49.